The third kappa shape index (κ3) is 4.46. The Morgan fingerprint density at radius 2 is 1.96 bits per heavy atom. The first kappa shape index (κ1) is 19.4. The summed E-state index contributed by atoms with van der Waals surface area (Å²) < 4.78 is 18.7. The molecular weight excluding hydrogens is 411 g/mol. The Morgan fingerprint density at radius 1 is 1.15 bits per heavy atom. The number of hydrogen-bond donors (Lipinski definition) is 0. The number of esters is 1. The molecule has 0 N–H and O–H groups in total. The molecule has 0 aliphatic rings. The van der Waals surface area contributed by atoms with Gasteiger partial charge in [0.05, 0.1) is 29.6 Å². The predicted molar refractivity (Wildman–Crippen MR) is 109 cm³/mol. The van der Waals surface area contributed by atoms with Crippen LogP contribution >= 0.6 is 34.5 Å². The van der Waals surface area contributed by atoms with Crippen molar-refractivity contribution >= 4 is 61.4 Å². The molecule has 0 fully saturated rings. The zero-order valence-corrected chi connectivity index (χ0v) is 17.1. The topological polar surface area (TPSA) is 43.4 Å². The van der Waals surface area contributed by atoms with E-state index in [4.69, 9.17) is 27.9 Å². The Labute approximate surface area is 168 Å². The smallest absolute Gasteiger partial charge is 0.310 e. The Balaban J connectivity index is 1.80. The molecule has 1 atom stereocenters. The molecule has 1 heterocycles. The first-order valence-corrected chi connectivity index (χ1v) is 10.9. The molecule has 2 aromatic carbocycles. The normalized spacial score (nSPS) is 12.3. The highest BCUT2D eigenvalue weighted by Crippen LogP contribution is 2.30. The lowest BCUT2D eigenvalue weighted by atomic mass is 10.1. The second-order valence-electron chi connectivity index (χ2n) is 5.63. The quantitative estimate of drug-likeness (QED) is 0.480. The molecule has 0 radical (unpaired) electrons. The van der Waals surface area contributed by atoms with E-state index in [9.17, 15) is 9.00 Å². The highest BCUT2D eigenvalue weighted by Gasteiger charge is 2.13. The van der Waals surface area contributed by atoms with Crippen LogP contribution in [0.25, 0.3) is 10.1 Å². The molecule has 7 heteroatoms. The molecule has 1 unspecified atom stereocenters. The molecule has 3 aromatic rings. The lowest BCUT2D eigenvalue weighted by Crippen LogP contribution is -2.06. The molecule has 0 saturated carbocycles. The van der Waals surface area contributed by atoms with Gasteiger partial charge in [-0.05, 0) is 53.1 Å². The molecule has 3 nitrogen and oxygen atoms in total. The SMILES string of the molecule is CCOC(=O)Cc1csc2cc(S(=O)Cc3ccc(Cl)cc3Cl)ccc12. The maximum Gasteiger partial charge on any atom is 0.310 e. The summed E-state index contributed by atoms with van der Waals surface area (Å²) in [4.78, 5) is 12.4. The van der Waals surface area contributed by atoms with Crippen LogP contribution in [0.3, 0.4) is 0 Å². The number of carbonyl (C=O) groups is 1. The van der Waals surface area contributed by atoms with Gasteiger partial charge in [0.1, 0.15) is 0 Å². The van der Waals surface area contributed by atoms with E-state index in [1.165, 1.54) is 11.3 Å². The zero-order valence-electron chi connectivity index (χ0n) is 14.0. The van der Waals surface area contributed by atoms with Crippen molar-refractivity contribution in [2.45, 2.75) is 24.0 Å². The van der Waals surface area contributed by atoms with Crippen molar-refractivity contribution in [3.63, 3.8) is 0 Å². The van der Waals surface area contributed by atoms with Crippen LogP contribution in [0.4, 0.5) is 0 Å². The summed E-state index contributed by atoms with van der Waals surface area (Å²) in [7, 11) is -1.22. The second-order valence-corrected chi connectivity index (χ2v) is 8.83. The number of benzene rings is 2. The van der Waals surface area contributed by atoms with Crippen LogP contribution in [0.15, 0.2) is 46.7 Å². The number of halogens is 2. The average Bonchev–Trinajstić information content (AvgIpc) is 2.99. The summed E-state index contributed by atoms with van der Waals surface area (Å²) in [6.45, 7) is 2.16. The Kier molecular flexibility index (Phi) is 6.35. The molecule has 136 valence electrons. The summed E-state index contributed by atoms with van der Waals surface area (Å²) >= 11 is 13.6. The van der Waals surface area contributed by atoms with Crippen molar-refractivity contribution in [3.8, 4) is 0 Å². The van der Waals surface area contributed by atoms with E-state index in [1.54, 1.807) is 25.1 Å². The van der Waals surface area contributed by atoms with Crippen molar-refractivity contribution in [2.75, 3.05) is 6.61 Å². The Bertz CT molecular complexity index is 982. The van der Waals surface area contributed by atoms with E-state index in [0.717, 1.165) is 26.1 Å². The van der Waals surface area contributed by atoms with E-state index >= 15 is 0 Å². The minimum absolute atomic E-state index is 0.239. The van der Waals surface area contributed by atoms with Gasteiger partial charge < -0.3 is 4.74 Å². The molecule has 26 heavy (non-hydrogen) atoms. The van der Waals surface area contributed by atoms with Gasteiger partial charge in [-0.3, -0.25) is 9.00 Å². The van der Waals surface area contributed by atoms with Crippen molar-refractivity contribution in [1.82, 2.24) is 0 Å². The van der Waals surface area contributed by atoms with Gasteiger partial charge in [-0.1, -0.05) is 35.3 Å². The van der Waals surface area contributed by atoms with E-state index in [-0.39, 0.29) is 12.4 Å². The van der Waals surface area contributed by atoms with Gasteiger partial charge in [-0.2, -0.15) is 0 Å². The minimum Gasteiger partial charge on any atom is -0.466 e. The highest BCUT2D eigenvalue weighted by atomic mass is 35.5. The van der Waals surface area contributed by atoms with Crippen LogP contribution in [-0.2, 0) is 32.5 Å². The first-order chi connectivity index (χ1) is 12.5. The fourth-order valence-electron chi connectivity index (χ4n) is 2.57. The maximum absolute atomic E-state index is 12.7. The minimum atomic E-state index is -1.22. The molecule has 3 rings (SSSR count). The highest BCUT2D eigenvalue weighted by molar-refractivity contribution is 7.84. The fraction of sp³-hybridized carbons (Fsp3) is 0.211. The molecule has 0 saturated heterocycles. The molecule has 0 amide bonds. The van der Waals surface area contributed by atoms with Crippen molar-refractivity contribution in [3.05, 3.63) is 63.0 Å². The lowest BCUT2D eigenvalue weighted by molar-refractivity contribution is -0.142. The molecule has 0 aliphatic heterocycles. The third-order valence-corrected chi connectivity index (χ3v) is 6.77. The standard InChI is InChI=1S/C19H16Cl2O3S2/c1-2-24-19(22)7-13-10-25-18-9-15(5-6-16(13)18)26(23)11-12-3-4-14(20)8-17(12)21/h3-6,8-10H,2,7,11H2,1H3. The van der Waals surface area contributed by atoms with Gasteiger partial charge >= 0.3 is 5.97 Å². The molecular formula is C19H16Cl2O3S2. The zero-order chi connectivity index (χ0) is 18.7. The summed E-state index contributed by atoms with van der Waals surface area (Å²) in [5.74, 6) is 0.0833. The van der Waals surface area contributed by atoms with Gasteiger partial charge in [0.25, 0.3) is 0 Å². The number of carbonyl (C=O) groups excluding carboxylic acids is 1. The maximum atomic E-state index is 12.7. The van der Waals surface area contributed by atoms with Crippen molar-refractivity contribution in [1.29, 1.82) is 0 Å². The van der Waals surface area contributed by atoms with Crippen molar-refractivity contribution in [2.24, 2.45) is 0 Å². The molecule has 0 spiro atoms. The van der Waals surface area contributed by atoms with Crippen LogP contribution < -0.4 is 0 Å². The Morgan fingerprint density at radius 3 is 2.69 bits per heavy atom. The summed E-state index contributed by atoms with van der Waals surface area (Å²) in [5.41, 5.74) is 1.73. The Hall–Kier alpha value is -1.40. The van der Waals surface area contributed by atoms with Gasteiger partial charge in [0, 0.05) is 19.6 Å². The van der Waals surface area contributed by atoms with E-state index in [1.807, 2.05) is 23.6 Å². The largest absolute Gasteiger partial charge is 0.466 e. The monoisotopic (exact) mass is 426 g/mol. The van der Waals surface area contributed by atoms with Gasteiger partial charge in [0.15, 0.2) is 0 Å². The third-order valence-electron chi connectivity index (χ3n) is 3.83. The van der Waals surface area contributed by atoms with Crippen LogP contribution in [-0.4, -0.2) is 16.8 Å². The van der Waals surface area contributed by atoms with Crippen molar-refractivity contribution < 1.29 is 13.7 Å². The number of fused-ring (bicyclic) bond motifs is 1. The number of ether oxygens (including phenoxy) is 1. The van der Waals surface area contributed by atoms with Crippen LogP contribution in [0.5, 0.6) is 0 Å². The summed E-state index contributed by atoms with van der Waals surface area (Å²) in [6, 6.07) is 10.9. The van der Waals surface area contributed by atoms with Crippen LogP contribution in [0.1, 0.15) is 18.1 Å². The van der Waals surface area contributed by atoms with E-state index < -0.39 is 10.8 Å². The molecule has 1 aromatic heterocycles. The van der Waals surface area contributed by atoms with Gasteiger partial charge in [-0.15, -0.1) is 11.3 Å². The van der Waals surface area contributed by atoms with E-state index in [0.29, 0.717) is 22.4 Å². The first-order valence-electron chi connectivity index (χ1n) is 7.96. The predicted octanol–water partition coefficient (Wildman–Crippen LogP) is 5.62. The number of rotatable bonds is 6. The van der Waals surface area contributed by atoms with Crippen LogP contribution in [0, 0.1) is 0 Å². The second kappa shape index (κ2) is 8.53. The lowest BCUT2D eigenvalue weighted by Gasteiger charge is -2.06. The molecule has 0 bridgehead atoms. The number of hydrogen-bond acceptors (Lipinski definition) is 4. The van der Waals surface area contributed by atoms with E-state index in [2.05, 4.69) is 0 Å². The molecule has 0 aliphatic carbocycles. The number of thiophene rings is 1. The fourth-order valence-corrected chi connectivity index (χ4v) is 5.37. The van der Waals surface area contributed by atoms with Crippen LogP contribution in [0.2, 0.25) is 10.0 Å². The van der Waals surface area contributed by atoms with Gasteiger partial charge in [-0.25, -0.2) is 0 Å². The average molecular weight is 427 g/mol. The summed E-state index contributed by atoms with van der Waals surface area (Å²) in [5, 5.41) is 4.01. The summed E-state index contributed by atoms with van der Waals surface area (Å²) in [6.07, 6.45) is 0.247. The van der Waals surface area contributed by atoms with Gasteiger partial charge in [0.2, 0.25) is 0 Å².